The number of hydrogen-bond acceptors (Lipinski definition) is 6. The molecule has 1 saturated heterocycles. The van der Waals surface area contributed by atoms with Crippen molar-refractivity contribution in [3.8, 4) is 0 Å². The highest BCUT2D eigenvalue weighted by atomic mass is 35.5. The number of morpholine rings is 1. The van der Waals surface area contributed by atoms with E-state index in [1.165, 1.54) is 18.4 Å². The third-order valence-electron chi connectivity index (χ3n) is 5.43. The summed E-state index contributed by atoms with van der Waals surface area (Å²) in [6.45, 7) is 4.06. The minimum Gasteiger partial charge on any atom is -0.379 e. The Bertz CT molecular complexity index is 966. The second kappa shape index (κ2) is 7.66. The maximum Gasteiger partial charge on any atom is 0.178 e. The van der Waals surface area contributed by atoms with Crippen molar-refractivity contribution in [1.82, 2.24) is 24.7 Å². The van der Waals surface area contributed by atoms with Gasteiger partial charge in [0, 0.05) is 30.6 Å². The third-order valence-corrected chi connectivity index (χ3v) is 5.66. The lowest BCUT2D eigenvalue weighted by Gasteiger charge is -2.35. The number of aromatic nitrogens is 4. The Hall–Kier alpha value is -2.22. The van der Waals surface area contributed by atoms with Gasteiger partial charge in [0.25, 0.3) is 0 Å². The predicted molar refractivity (Wildman–Crippen MR) is 108 cm³/mol. The zero-order chi connectivity index (χ0) is 18.9. The number of halogens is 1. The van der Waals surface area contributed by atoms with Crippen LogP contribution in [0.4, 0.5) is 5.82 Å². The molecule has 2 aromatic heterocycles. The van der Waals surface area contributed by atoms with Gasteiger partial charge in [-0.25, -0.2) is 0 Å². The van der Waals surface area contributed by atoms with E-state index in [1.54, 1.807) is 0 Å². The van der Waals surface area contributed by atoms with Crippen LogP contribution in [0.15, 0.2) is 36.4 Å². The van der Waals surface area contributed by atoms with E-state index in [-0.39, 0.29) is 6.04 Å². The SMILES string of the molecule is Clc1cccc(C(CNc2ccc3nnc(C4CC4)n3n2)N2CCOCC2)c1. The molecule has 3 heterocycles. The van der Waals surface area contributed by atoms with Gasteiger partial charge in [-0.3, -0.25) is 4.90 Å². The van der Waals surface area contributed by atoms with Crippen LogP contribution < -0.4 is 5.32 Å². The molecule has 0 bridgehead atoms. The Kier molecular flexibility index (Phi) is 4.88. The fourth-order valence-corrected chi connectivity index (χ4v) is 3.96. The topological polar surface area (TPSA) is 67.6 Å². The van der Waals surface area contributed by atoms with Crippen molar-refractivity contribution in [1.29, 1.82) is 0 Å². The van der Waals surface area contributed by atoms with Gasteiger partial charge in [0.1, 0.15) is 5.82 Å². The number of anilines is 1. The molecule has 2 aliphatic rings. The van der Waals surface area contributed by atoms with Crippen LogP contribution in [0, 0.1) is 0 Å². The summed E-state index contributed by atoms with van der Waals surface area (Å²) in [5.41, 5.74) is 2.00. The van der Waals surface area contributed by atoms with E-state index in [0.717, 1.165) is 55.2 Å². The van der Waals surface area contributed by atoms with Gasteiger partial charge in [-0.15, -0.1) is 15.3 Å². The van der Waals surface area contributed by atoms with Gasteiger partial charge in [-0.05, 0) is 42.7 Å². The van der Waals surface area contributed by atoms with E-state index in [1.807, 2.05) is 34.8 Å². The van der Waals surface area contributed by atoms with Crippen molar-refractivity contribution in [2.75, 3.05) is 38.2 Å². The average molecular weight is 399 g/mol. The van der Waals surface area contributed by atoms with Gasteiger partial charge >= 0.3 is 0 Å². The number of nitrogens with one attached hydrogen (secondary N) is 1. The summed E-state index contributed by atoms with van der Waals surface area (Å²) in [6, 6.07) is 12.2. The van der Waals surface area contributed by atoms with Crippen LogP contribution in [0.5, 0.6) is 0 Å². The monoisotopic (exact) mass is 398 g/mol. The summed E-state index contributed by atoms with van der Waals surface area (Å²) in [5.74, 6) is 2.30. The number of ether oxygens (including phenoxy) is 1. The van der Waals surface area contributed by atoms with Crippen LogP contribution in [-0.4, -0.2) is 57.6 Å². The third kappa shape index (κ3) is 3.70. The first-order chi connectivity index (χ1) is 13.8. The van der Waals surface area contributed by atoms with Crippen molar-refractivity contribution in [2.45, 2.75) is 24.8 Å². The van der Waals surface area contributed by atoms with E-state index in [0.29, 0.717) is 5.92 Å². The van der Waals surface area contributed by atoms with Crippen molar-refractivity contribution < 1.29 is 4.74 Å². The molecule has 2 fully saturated rings. The maximum atomic E-state index is 6.26. The first kappa shape index (κ1) is 17.8. The summed E-state index contributed by atoms with van der Waals surface area (Å²) in [5, 5.41) is 17.6. The lowest BCUT2D eigenvalue weighted by atomic mass is 10.0. The molecule has 0 radical (unpaired) electrons. The molecule has 3 aromatic rings. The molecule has 5 rings (SSSR count). The molecule has 0 spiro atoms. The molecule has 1 aliphatic heterocycles. The van der Waals surface area contributed by atoms with Crippen molar-refractivity contribution in [3.63, 3.8) is 0 Å². The number of benzene rings is 1. The van der Waals surface area contributed by atoms with Gasteiger partial charge in [-0.2, -0.15) is 4.52 Å². The molecule has 146 valence electrons. The van der Waals surface area contributed by atoms with Crippen LogP contribution in [0.1, 0.15) is 36.2 Å². The zero-order valence-electron chi connectivity index (χ0n) is 15.6. The Morgan fingerprint density at radius 3 is 2.79 bits per heavy atom. The van der Waals surface area contributed by atoms with Gasteiger partial charge in [0.15, 0.2) is 11.5 Å². The zero-order valence-corrected chi connectivity index (χ0v) is 16.3. The van der Waals surface area contributed by atoms with Crippen LogP contribution >= 0.6 is 11.6 Å². The van der Waals surface area contributed by atoms with E-state index >= 15 is 0 Å². The highest BCUT2D eigenvalue weighted by Gasteiger charge is 2.29. The summed E-state index contributed by atoms with van der Waals surface area (Å²) in [6.07, 6.45) is 2.35. The number of fused-ring (bicyclic) bond motifs is 1. The molecule has 0 amide bonds. The quantitative estimate of drug-likeness (QED) is 0.688. The first-order valence-corrected chi connectivity index (χ1v) is 10.2. The van der Waals surface area contributed by atoms with Crippen LogP contribution in [0.25, 0.3) is 5.65 Å². The number of nitrogens with zero attached hydrogens (tertiary/aromatic N) is 5. The van der Waals surface area contributed by atoms with E-state index < -0.39 is 0 Å². The van der Waals surface area contributed by atoms with Crippen LogP contribution in [0.2, 0.25) is 5.02 Å². The van der Waals surface area contributed by atoms with Gasteiger partial charge in [0.05, 0.1) is 19.3 Å². The fourth-order valence-electron chi connectivity index (χ4n) is 3.76. The minimum atomic E-state index is 0.198. The lowest BCUT2D eigenvalue weighted by Crippen LogP contribution is -2.41. The normalized spacial score (nSPS) is 19.0. The summed E-state index contributed by atoms with van der Waals surface area (Å²) < 4.78 is 7.41. The van der Waals surface area contributed by atoms with Gasteiger partial charge in [-0.1, -0.05) is 23.7 Å². The van der Waals surface area contributed by atoms with Gasteiger partial charge in [0.2, 0.25) is 0 Å². The Morgan fingerprint density at radius 2 is 2.00 bits per heavy atom. The standard InChI is InChI=1S/C20H23ClN6O/c21-16-3-1-2-15(12-16)17(26-8-10-28-11-9-26)13-22-18-6-7-19-23-24-20(14-4-5-14)27(19)25-18/h1-3,6-7,12,14,17H,4-5,8-11,13H2,(H,22,25). The van der Waals surface area contributed by atoms with E-state index in [2.05, 4.69) is 26.5 Å². The van der Waals surface area contributed by atoms with E-state index in [9.17, 15) is 0 Å². The second-order valence-electron chi connectivity index (χ2n) is 7.42. The van der Waals surface area contributed by atoms with Crippen LogP contribution in [0.3, 0.4) is 0 Å². The first-order valence-electron chi connectivity index (χ1n) is 9.81. The average Bonchev–Trinajstić information content (AvgIpc) is 3.48. The summed E-state index contributed by atoms with van der Waals surface area (Å²) in [7, 11) is 0. The Morgan fingerprint density at radius 1 is 1.14 bits per heavy atom. The van der Waals surface area contributed by atoms with Crippen molar-refractivity contribution in [2.24, 2.45) is 0 Å². The smallest absolute Gasteiger partial charge is 0.178 e. The Labute approximate surface area is 168 Å². The highest BCUT2D eigenvalue weighted by Crippen LogP contribution is 2.38. The molecule has 28 heavy (non-hydrogen) atoms. The Balaban J connectivity index is 1.38. The molecule has 1 unspecified atom stereocenters. The molecule has 8 heteroatoms. The van der Waals surface area contributed by atoms with E-state index in [4.69, 9.17) is 21.4 Å². The maximum absolute atomic E-state index is 6.26. The number of hydrogen-bond donors (Lipinski definition) is 1. The summed E-state index contributed by atoms with van der Waals surface area (Å²) >= 11 is 6.26. The molecule has 7 nitrogen and oxygen atoms in total. The molecular weight excluding hydrogens is 376 g/mol. The molecule has 1 aromatic carbocycles. The van der Waals surface area contributed by atoms with Crippen molar-refractivity contribution >= 4 is 23.1 Å². The molecule has 1 atom stereocenters. The fraction of sp³-hybridized carbons (Fsp3) is 0.450. The molecule has 1 saturated carbocycles. The molecule has 1 N–H and O–H groups in total. The lowest BCUT2D eigenvalue weighted by molar-refractivity contribution is 0.0187. The van der Waals surface area contributed by atoms with Crippen LogP contribution in [-0.2, 0) is 4.74 Å². The highest BCUT2D eigenvalue weighted by molar-refractivity contribution is 6.30. The largest absolute Gasteiger partial charge is 0.379 e. The number of rotatable bonds is 6. The predicted octanol–water partition coefficient (Wildman–Crippen LogP) is 3.14. The van der Waals surface area contributed by atoms with Crippen molar-refractivity contribution in [3.05, 3.63) is 52.8 Å². The van der Waals surface area contributed by atoms with Gasteiger partial charge < -0.3 is 10.1 Å². The molecular formula is C20H23ClN6O. The summed E-state index contributed by atoms with van der Waals surface area (Å²) in [4.78, 5) is 2.44. The minimum absolute atomic E-state index is 0.198. The molecule has 1 aliphatic carbocycles. The second-order valence-corrected chi connectivity index (χ2v) is 7.86.